The number of rotatable bonds is 20. The Labute approximate surface area is 306 Å². The zero-order valence-corrected chi connectivity index (χ0v) is 32.7. The summed E-state index contributed by atoms with van der Waals surface area (Å²) in [5.41, 5.74) is 5.64. The second kappa shape index (κ2) is 18.5. The van der Waals surface area contributed by atoms with Crippen LogP contribution in [0.15, 0.2) is 48.5 Å². The molecule has 3 saturated carbocycles. The zero-order valence-electron chi connectivity index (χ0n) is 31.2. The molecule has 0 amide bonds. The number of unbranched alkanes of at least 4 members (excludes halogenated alkanes) is 14. The van der Waals surface area contributed by atoms with E-state index in [0.29, 0.717) is 0 Å². The SMILES string of the molecule is CCCCCCCCCCc1ccc(C2(c3ccc(CCCCCCCCCC)cc3)C3(CCCCC3)C(Cl)(Cl)C23CCCCC3)cc1. The van der Waals surface area contributed by atoms with Crippen molar-refractivity contribution in [1.29, 1.82) is 0 Å². The summed E-state index contributed by atoms with van der Waals surface area (Å²) >= 11 is 15.7. The van der Waals surface area contributed by atoms with Crippen LogP contribution < -0.4 is 0 Å². The maximum atomic E-state index is 7.86. The Morgan fingerprint density at radius 3 is 1.06 bits per heavy atom. The predicted octanol–water partition coefficient (Wildman–Crippen LogP) is 15.4. The summed E-state index contributed by atoms with van der Waals surface area (Å²) in [4.78, 5) is 0. The van der Waals surface area contributed by atoms with E-state index >= 15 is 0 Å². The molecule has 48 heavy (non-hydrogen) atoms. The molecule has 0 radical (unpaired) electrons. The number of hydrogen-bond acceptors (Lipinski definition) is 0. The fraction of sp³-hybridized carbons (Fsp3) is 0.739. The molecule has 0 unspecified atom stereocenters. The first-order valence-corrected chi connectivity index (χ1v) is 21.8. The minimum atomic E-state index is -0.688. The number of alkyl halides is 2. The van der Waals surface area contributed by atoms with Crippen LogP contribution in [-0.4, -0.2) is 4.33 Å². The first-order valence-electron chi connectivity index (χ1n) is 21.1. The Morgan fingerprint density at radius 2 is 0.729 bits per heavy atom. The van der Waals surface area contributed by atoms with E-state index in [9.17, 15) is 0 Å². The highest BCUT2D eigenvalue weighted by atomic mass is 35.5. The highest BCUT2D eigenvalue weighted by Crippen LogP contribution is 2.86. The topological polar surface area (TPSA) is 0 Å². The van der Waals surface area contributed by atoms with Crippen molar-refractivity contribution >= 4 is 23.2 Å². The van der Waals surface area contributed by atoms with Gasteiger partial charge < -0.3 is 0 Å². The number of benzene rings is 2. The van der Waals surface area contributed by atoms with Crippen LogP contribution in [0.25, 0.3) is 0 Å². The van der Waals surface area contributed by atoms with Crippen molar-refractivity contribution in [3.63, 3.8) is 0 Å². The Hall–Kier alpha value is -0.980. The third-order valence-electron chi connectivity index (χ3n) is 13.5. The van der Waals surface area contributed by atoms with Crippen LogP contribution >= 0.6 is 23.2 Å². The molecule has 2 spiro atoms. The minimum Gasteiger partial charge on any atom is -0.100 e. The van der Waals surface area contributed by atoms with Crippen molar-refractivity contribution in [3.8, 4) is 0 Å². The molecule has 5 rings (SSSR count). The van der Waals surface area contributed by atoms with E-state index in [1.165, 1.54) is 176 Å². The van der Waals surface area contributed by atoms with Gasteiger partial charge in [0.25, 0.3) is 0 Å². The summed E-state index contributed by atoms with van der Waals surface area (Å²) in [5.74, 6) is 0. The summed E-state index contributed by atoms with van der Waals surface area (Å²) in [6.07, 6.45) is 36.6. The van der Waals surface area contributed by atoms with Gasteiger partial charge in [-0.2, -0.15) is 0 Å². The van der Waals surface area contributed by atoms with Gasteiger partial charge in [0, 0.05) is 16.2 Å². The van der Waals surface area contributed by atoms with E-state index in [1.54, 1.807) is 0 Å². The van der Waals surface area contributed by atoms with Crippen molar-refractivity contribution in [2.45, 2.75) is 203 Å². The third kappa shape index (κ3) is 7.62. The predicted molar refractivity (Wildman–Crippen MR) is 212 cm³/mol. The first kappa shape index (κ1) is 38.3. The van der Waals surface area contributed by atoms with Gasteiger partial charge in [-0.1, -0.05) is 191 Å². The van der Waals surface area contributed by atoms with Gasteiger partial charge in [-0.3, -0.25) is 0 Å². The summed E-state index contributed by atoms with van der Waals surface area (Å²) < 4.78 is -0.688. The van der Waals surface area contributed by atoms with Gasteiger partial charge in [0.15, 0.2) is 0 Å². The molecule has 268 valence electrons. The number of hydrogen-bond donors (Lipinski definition) is 0. The van der Waals surface area contributed by atoms with Gasteiger partial charge in [-0.05, 0) is 73.6 Å². The van der Waals surface area contributed by atoms with Crippen LogP contribution in [0.1, 0.15) is 203 Å². The molecule has 0 bridgehead atoms. The smallest absolute Gasteiger partial charge is 0.100 e. The molecule has 2 aromatic carbocycles. The second-order valence-electron chi connectivity index (χ2n) is 16.5. The van der Waals surface area contributed by atoms with E-state index in [2.05, 4.69) is 62.4 Å². The van der Waals surface area contributed by atoms with Crippen LogP contribution in [0.5, 0.6) is 0 Å². The van der Waals surface area contributed by atoms with E-state index < -0.39 is 4.33 Å². The summed E-state index contributed by atoms with van der Waals surface area (Å²) in [6.45, 7) is 4.61. The first-order chi connectivity index (χ1) is 23.5. The fourth-order valence-electron chi connectivity index (χ4n) is 11.1. The van der Waals surface area contributed by atoms with Gasteiger partial charge in [0.05, 0.1) is 0 Å². The van der Waals surface area contributed by atoms with E-state index in [4.69, 9.17) is 23.2 Å². The van der Waals surface area contributed by atoms with Crippen molar-refractivity contribution in [2.24, 2.45) is 10.8 Å². The summed E-state index contributed by atoms with van der Waals surface area (Å²) in [5, 5.41) is 0. The molecule has 3 aliphatic carbocycles. The lowest BCUT2D eigenvalue weighted by molar-refractivity contribution is -0.185. The lowest BCUT2D eigenvalue weighted by Gasteiger charge is -2.80. The van der Waals surface area contributed by atoms with Gasteiger partial charge in [0.1, 0.15) is 4.33 Å². The standard InChI is InChI=1S/C46H70Cl2/c1-3-5-7-9-11-13-15-19-25-39-27-31-41(32-28-39)45(42-33-29-40(30-34-42)26-20-16-14-12-10-8-6-4-2)43(35-21-17-22-36-43)46(47,48)44(45)37-23-18-24-38-44/h27-34H,3-26,35-38H2,1-2H3. The lowest BCUT2D eigenvalue weighted by atomic mass is 9.27. The molecule has 2 heteroatoms. The molecule has 3 fully saturated rings. The molecule has 0 heterocycles. The molecule has 0 aliphatic heterocycles. The van der Waals surface area contributed by atoms with Gasteiger partial charge >= 0.3 is 0 Å². The molecular weight excluding hydrogens is 623 g/mol. The Morgan fingerprint density at radius 1 is 0.417 bits per heavy atom. The highest BCUT2D eigenvalue weighted by molar-refractivity contribution is 6.51. The van der Waals surface area contributed by atoms with Crippen molar-refractivity contribution in [2.75, 3.05) is 0 Å². The third-order valence-corrected chi connectivity index (χ3v) is 14.9. The number of halogens is 2. The van der Waals surface area contributed by atoms with Crippen molar-refractivity contribution in [1.82, 2.24) is 0 Å². The molecule has 0 nitrogen and oxygen atoms in total. The van der Waals surface area contributed by atoms with Gasteiger partial charge in [-0.15, -0.1) is 23.2 Å². The fourth-order valence-corrected chi connectivity index (χ4v) is 12.4. The van der Waals surface area contributed by atoms with E-state index in [1.807, 2.05) is 0 Å². The maximum absolute atomic E-state index is 7.86. The molecular formula is C46H70Cl2. The van der Waals surface area contributed by atoms with Crippen LogP contribution in [0, 0.1) is 10.8 Å². The quantitative estimate of drug-likeness (QED) is 0.0957. The normalized spacial score (nSPS) is 20.6. The zero-order chi connectivity index (χ0) is 33.8. The maximum Gasteiger partial charge on any atom is 0.131 e. The average Bonchev–Trinajstić information content (AvgIpc) is 3.12. The molecule has 0 N–H and O–H groups in total. The molecule has 3 aliphatic rings. The van der Waals surface area contributed by atoms with Gasteiger partial charge in [-0.25, -0.2) is 0 Å². The van der Waals surface area contributed by atoms with Crippen LogP contribution in [-0.2, 0) is 18.3 Å². The summed E-state index contributed by atoms with van der Waals surface area (Å²) in [7, 11) is 0. The molecule has 0 aromatic heterocycles. The highest BCUT2D eigenvalue weighted by Gasteiger charge is 2.85. The van der Waals surface area contributed by atoms with Crippen LogP contribution in [0.4, 0.5) is 0 Å². The van der Waals surface area contributed by atoms with Crippen LogP contribution in [0.3, 0.4) is 0 Å². The van der Waals surface area contributed by atoms with E-state index in [0.717, 1.165) is 25.7 Å². The summed E-state index contributed by atoms with van der Waals surface area (Å²) in [6, 6.07) is 20.0. The largest absolute Gasteiger partial charge is 0.131 e. The number of aryl methyl sites for hydroxylation is 2. The van der Waals surface area contributed by atoms with Crippen LogP contribution in [0.2, 0.25) is 0 Å². The molecule has 0 saturated heterocycles. The lowest BCUT2D eigenvalue weighted by Crippen LogP contribution is -2.82. The Balaban J connectivity index is 1.37. The molecule has 2 aromatic rings. The Bertz CT molecular complexity index is 1090. The Kier molecular flexibility index (Phi) is 14.7. The van der Waals surface area contributed by atoms with E-state index in [-0.39, 0.29) is 16.2 Å². The van der Waals surface area contributed by atoms with Gasteiger partial charge in [0.2, 0.25) is 0 Å². The minimum absolute atomic E-state index is 0.114. The van der Waals surface area contributed by atoms with Crippen molar-refractivity contribution in [3.05, 3.63) is 70.8 Å². The average molecular weight is 694 g/mol. The second-order valence-corrected chi connectivity index (χ2v) is 17.8. The molecule has 0 atom stereocenters. The monoisotopic (exact) mass is 692 g/mol. The van der Waals surface area contributed by atoms with Crippen molar-refractivity contribution < 1.29 is 0 Å².